The highest BCUT2D eigenvalue weighted by Crippen LogP contribution is 2.18. The molecule has 2 aromatic rings. The maximum Gasteiger partial charge on any atom is 0.412 e. The van der Waals surface area contributed by atoms with Crippen LogP contribution >= 0.6 is 11.3 Å². The first kappa shape index (κ1) is 20.4. The van der Waals surface area contributed by atoms with Crippen LogP contribution in [-0.4, -0.2) is 35.2 Å². The number of aromatic nitrogens is 1. The molecule has 2 rings (SSSR count). The van der Waals surface area contributed by atoms with Gasteiger partial charge in [0.15, 0.2) is 10.8 Å². The fraction of sp³-hybridized carbons (Fsp3) is 0.333. The number of hydrogen-bond donors (Lipinski definition) is 2. The number of carbonyl (C=O) groups excluding carboxylic acids is 3. The van der Waals surface area contributed by atoms with Crippen LogP contribution in [0.4, 0.5) is 15.6 Å². The van der Waals surface area contributed by atoms with Gasteiger partial charge in [0.2, 0.25) is 0 Å². The number of thiazole rings is 1. The lowest BCUT2D eigenvalue weighted by Gasteiger charge is -2.19. The topological polar surface area (TPSA) is 107 Å². The summed E-state index contributed by atoms with van der Waals surface area (Å²) in [6, 6.07) is 6.29. The highest BCUT2D eigenvalue weighted by molar-refractivity contribution is 7.14. The zero-order chi connectivity index (χ0) is 20.0. The van der Waals surface area contributed by atoms with Crippen LogP contribution < -0.4 is 10.6 Å². The van der Waals surface area contributed by atoms with E-state index in [1.54, 1.807) is 52.0 Å². The summed E-state index contributed by atoms with van der Waals surface area (Å²) in [7, 11) is 0. The number of amides is 2. The zero-order valence-corrected chi connectivity index (χ0v) is 16.3. The molecule has 1 heterocycles. The predicted octanol–water partition coefficient (Wildman–Crippen LogP) is 3.92. The minimum Gasteiger partial charge on any atom is -0.461 e. The maximum absolute atomic E-state index is 12.3. The van der Waals surface area contributed by atoms with Gasteiger partial charge in [-0.1, -0.05) is 0 Å². The molecule has 1 aromatic heterocycles. The van der Waals surface area contributed by atoms with Crippen LogP contribution in [-0.2, 0) is 9.47 Å². The summed E-state index contributed by atoms with van der Waals surface area (Å²) < 4.78 is 10.0. The molecule has 0 aliphatic carbocycles. The molecule has 0 saturated carbocycles. The Kier molecular flexibility index (Phi) is 6.51. The van der Waals surface area contributed by atoms with Crippen LogP contribution in [0.2, 0.25) is 0 Å². The van der Waals surface area contributed by atoms with Crippen molar-refractivity contribution in [2.75, 3.05) is 17.2 Å². The van der Waals surface area contributed by atoms with E-state index in [4.69, 9.17) is 9.47 Å². The first-order valence-corrected chi connectivity index (χ1v) is 9.10. The number of rotatable bonds is 5. The van der Waals surface area contributed by atoms with E-state index in [-0.39, 0.29) is 18.2 Å². The third-order valence-corrected chi connectivity index (χ3v) is 3.76. The zero-order valence-electron chi connectivity index (χ0n) is 15.5. The van der Waals surface area contributed by atoms with Crippen molar-refractivity contribution in [1.82, 2.24) is 4.98 Å². The van der Waals surface area contributed by atoms with Crippen molar-refractivity contribution in [3.8, 4) is 0 Å². The summed E-state index contributed by atoms with van der Waals surface area (Å²) in [6.07, 6.45) is -0.575. The van der Waals surface area contributed by atoms with Crippen molar-refractivity contribution in [2.45, 2.75) is 33.3 Å². The molecule has 0 radical (unpaired) electrons. The van der Waals surface area contributed by atoms with Crippen LogP contribution in [0.25, 0.3) is 0 Å². The van der Waals surface area contributed by atoms with E-state index in [0.717, 1.165) is 11.3 Å². The predicted molar refractivity (Wildman–Crippen MR) is 102 cm³/mol. The van der Waals surface area contributed by atoms with E-state index in [2.05, 4.69) is 15.6 Å². The van der Waals surface area contributed by atoms with Crippen molar-refractivity contribution in [3.05, 3.63) is 40.9 Å². The fourth-order valence-electron chi connectivity index (χ4n) is 1.93. The molecule has 0 aliphatic heterocycles. The minimum atomic E-state index is -0.597. The number of esters is 1. The Morgan fingerprint density at radius 3 is 2.37 bits per heavy atom. The SMILES string of the molecule is CCOC(=O)c1csc(NC(=O)c2ccc(NC(=O)OC(C)(C)C)cc2)n1. The molecule has 9 heteroatoms. The molecule has 2 amide bonds. The highest BCUT2D eigenvalue weighted by Gasteiger charge is 2.17. The molecular formula is C18H21N3O5S. The monoisotopic (exact) mass is 391 g/mol. The molecule has 27 heavy (non-hydrogen) atoms. The Morgan fingerprint density at radius 1 is 1.11 bits per heavy atom. The largest absolute Gasteiger partial charge is 0.461 e. The van der Waals surface area contributed by atoms with Crippen LogP contribution in [0.1, 0.15) is 48.5 Å². The number of carbonyl (C=O) groups is 3. The van der Waals surface area contributed by atoms with Gasteiger partial charge in [0, 0.05) is 16.6 Å². The van der Waals surface area contributed by atoms with Gasteiger partial charge in [0.25, 0.3) is 5.91 Å². The van der Waals surface area contributed by atoms with Gasteiger partial charge in [-0.3, -0.25) is 15.4 Å². The van der Waals surface area contributed by atoms with Crippen LogP contribution in [0, 0.1) is 0 Å². The smallest absolute Gasteiger partial charge is 0.412 e. The molecule has 144 valence electrons. The summed E-state index contributed by atoms with van der Waals surface area (Å²) in [6.45, 7) is 7.26. The summed E-state index contributed by atoms with van der Waals surface area (Å²) in [5.41, 5.74) is 0.423. The molecule has 0 bridgehead atoms. The second kappa shape index (κ2) is 8.63. The van der Waals surface area contributed by atoms with Crippen molar-refractivity contribution < 1.29 is 23.9 Å². The molecular weight excluding hydrogens is 370 g/mol. The van der Waals surface area contributed by atoms with E-state index in [1.165, 1.54) is 5.38 Å². The third kappa shape index (κ3) is 6.37. The molecule has 1 aromatic carbocycles. The molecule has 0 aliphatic rings. The number of benzene rings is 1. The van der Waals surface area contributed by atoms with Crippen LogP contribution in [0.5, 0.6) is 0 Å². The molecule has 2 N–H and O–H groups in total. The number of anilines is 2. The highest BCUT2D eigenvalue weighted by atomic mass is 32.1. The van der Waals surface area contributed by atoms with E-state index in [1.807, 2.05) is 0 Å². The quantitative estimate of drug-likeness (QED) is 0.748. The van der Waals surface area contributed by atoms with E-state index < -0.39 is 17.7 Å². The lowest BCUT2D eigenvalue weighted by atomic mass is 10.2. The van der Waals surface area contributed by atoms with Crippen LogP contribution in [0.15, 0.2) is 29.6 Å². The van der Waals surface area contributed by atoms with Gasteiger partial charge in [-0.05, 0) is 52.0 Å². The minimum absolute atomic E-state index is 0.147. The van der Waals surface area contributed by atoms with Crippen molar-refractivity contribution in [2.24, 2.45) is 0 Å². The number of ether oxygens (including phenoxy) is 2. The number of hydrogen-bond acceptors (Lipinski definition) is 7. The Bertz CT molecular complexity index is 824. The van der Waals surface area contributed by atoms with Gasteiger partial charge in [-0.2, -0.15) is 0 Å². The van der Waals surface area contributed by atoms with E-state index in [0.29, 0.717) is 16.4 Å². The maximum atomic E-state index is 12.3. The molecule has 0 saturated heterocycles. The van der Waals surface area contributed by atoms with E-state index in [9.17, 15) is 14.4 Å². The first-order chi connectivity index (χ1) is 12.7. The third-order valence-electron chi connectivity index (χ3n) is 3.00. The molecule has 0 atom stereocenters. The summed E-state index contributed by atoms with van der Waals surface area (Å²) in [4.78, 5) is 39.6. The number of nitrogens with zero attached hydrogens (tertiary/aromatic N) is 1. The Hall–Kier alpha value is -2.94. The van der Waals surface area contributed by atoms with Gasteiger partial charge in [-0.15, -0.1) is 11.3 Å². The molecule has 0 unspecified atom stereocenters. The van der Waals surface area contributed by atoms with Crippen molar-refractivity contribution >= 4 is 40.1 Å². The Labute approximate surface area is 160 Å². The van der Waals surface area contributed by atoms with Gasteiger partial charge >= 0.3 is 12.1 Å². The first-order valence-electron chi connectivity index (χ1n) is 8.22. The van der Waals surface area contributed by atoms with Crippen molar-refractivity contribution in [3.63, 3.8) is 0 Å². The standard InChI is InChI=1S/C18H21N3O5S/c1-5-25-15(23)13-10-27-16(20-13)21-14(22)11-6-8-12(9-7-11)19-17(24)26-18(2,3)4/h6-10H,5H2,1-4H3,(H,19,24)(H,20,21,22). The average Bonchev–Trinajstić information content (AvgIpc) is 3.02. The molecule has 8 nitrogen and oxygen atoms in total. The fourth-order valence-corrected chi connectivity index (χ4v) is 2.60. The normalized spacial score (nSPS) is 10.8. The van der Waals surface area contributed by atoms with Gasteiger partial charge < -0.3 is 9.47 Å². The van der Waals surface area contributed by atoms with Gasteiger partial charge in [-0.25, -0.2) is 14.6 Å². The molecule has 0 fully saturated rings. The van der Waals surface area contributed by atoms with Crippen LogP contribution in [0.3, 0.4) is 0 Å². The second-order valence-electron chi connectivity index (χ2n) is 6.42. The second-order valence-corrected chi connectivity index (χ2v) is 7.27. The lowest BCUT2D eigenvalue weighted by Crippen LogP contribution is -2.27. The van der Waals surface area contributed by atoms with Gasteiger partial charge in [0.05, 0.1) is 6.61 Å². The Morgan fingerprint density at radius 2 is 1.78 bits per heavy atom. The molecule has 0 spiro atoms. The summed E-state index contributed by atoms with van der Waals surface area (Å²) in [5, 5.41) is 7.01. The average molecular weight is 391 g/mol. The number of nitrogens with one attached hydrogen (secondary N) is 2. The Balaban J connectivity index is 1.95. The van der Waals surface area contributed by atoms with Crippen molar-refractivity contribution in [1.29, 1.82) is 0 Å². The van der Waals surface area contributed by atoms with Gasteiger partial charge in [0.1, 0.15) is 5.60 Å². The summed E-state index contributed by atoms with van der Waals surface area (Å²) in [5.74, 6) is -0.921. The summed E-state index contributed by atoms with van der Waals surface area (Å²) >= 11 is 1.13. The lowest BCUT2D eigenvalue weighted by molar-refractivity contribution is 0.0519. The van der Waals surface area contributed by atoms with E-state index >= 15 is 0 Å².